The molecule has 21 heavy (non-hydrogen) atoms. The van der Waals surface area contributed by atoms with Gasteiger partial charge in [0.15, 0.2) is 0 Å². The molecule has 0 aliphatic carbocycles. The maximum Gasteiger partial charge on any atom is 0.344 e. The molecule has 1 aromatic heterocycles. The molecule has 1 amide bonds. The third kappa shape index (κ3) is 2.18. The normalized spacial score (nSPS) is 11.0. The minimum atomic E-state index is -0.358. The van der Waals surface area contributed by atoms with Gasteiger partial charge < -0.3 is 9.32 Å². The third-order valence-corrected chi connectivity index (χ3v) is 3.71. The smallest absolute Gasteiger partial charge is 0.344 e. The molecular formula is C17H15NO3. The molecule has 0 aliphatic heterocycles. The van der Waals surface area contributed by atoms with Crippen LogP contribution in [-0.4, -0.2) is 13.0 Å². The number of benzene rings is 2. The van der Waals surface area contributed by atoms with E-state index in [-0.39, 0.29) is 11.5 Å². The summed E-state index contributed by atoms with van der Waals surface area (Å²) in [5.41, 5.74) is 1.84. The average Bonchev–Trinajstić information content (AvgIpc) is 2.46. The number of anilines is 1. The Kier molecular flexibility index (Phi) is 3.01. The van der Waals surface area contributed by atoms with E-state index in [1.54, 1.807) is 13.1 Å². The van der Waals surface area contributed by atoms with Crippen LogP contribution in [0, 0.1) is 6.92 Å². The van der Waals surface area contributed by atoms with Crippen LogP contribution in [0.4, 0.5) is 5.69 Å². The van der Waals surface area contributed by atoms with Crippen LogP contribution in [0.3, 0.4) is 0 Å². The Morgan fingerprint density at radius 3 is 2.48 bits per heavy atom. The van der Waals surface area contributed by atoms with Crippen molar-refractivity contribution in [2.24, 2.45) is 0 Å². The number of carbonyl (C=O) groups is 1. The lowest BCUT2D eigenvalue weighted by Gasteiger charge is -2.15. The van der Waals surface area contributed by atoms with Gasteiger partial charge in [-0.15, -0.1) is 0 Å². The Bertz CT molecular complexity index is 924. The van der Waals surface area contributed by atoms with Crippen molar-refractivity contribution in [2.45, 2.75) is 13.8 Å². The minimum Gasteiger partial charge on any atom is -0.422 e. The van der Waals surface area contributed by atoms with Crippen LogP contribution in [0.25, 0.3) is 21.7 Å². The molecule has 4 nitrogen and oxygen atoms in total. The van der Waals surface area contributed by atoms with E-state index in [0.717, 1.165) is 16.3 Å². The number of hydrogen-bond acceptors (Lipinski definition) is 3. The first-order valence-electron chi connectivity index (χ1n) is 6.69. The number of carbonyl (C=O) groups excluding carboxylic acids is 1. The van der Waals surface area contributed by atoms with Crippen molar-refractivity contribution in [1.29, 1.82) is 0 Å². The molecule has 0 atom stereocenters. The van der Waals surface area contributed by atoms with Crippen molar-refractivity contribution in [1.82, 2.24) is 0 Å². The second-order valence-corrected chi connectivity index (χ2v) is 5.20. The summed E-state index contributed by atoms with van der Waals surface area (Å²) in [6.07, 6.45) is 0. The lowest BCUT2D eigenvalue weighted by atomic mass is 10.1. The highest BCUT2D eigenvalue weighted by molar-refractivity contribution is 6.06. The van der Waals surface area contributed by atoms with Gasteiger partial charge >= 0.3 is 5.63 Å². The highest BCUT2D eigenvalue weighted by atomic mass is 16.4. The fraction of sp³-hybridized carbons (Fsp3) is 0.176. The van der Waals surface area contributed by atoms with Gasteiger partial charge in [0.1, 0.15) is 5.58 Å². The van der Waals surface area contributed by atoms with Crippen LogP contribution < -0.4 is 10.5 Å². The van der Waals surface area contributed by atoms with Crippen molar-refractivity contribution in [3.63, 3.8) is 0 Å². The fourth-order valence-electron chi connectivity index (χ4n) is 2.43. The van der Waals surface area contributed by atoms with Crippen molar-refractivity contribution in [3.8, 4) is 0 Å². The predicted molar refractivity (Wildman–Crippen MR) is 83.8 cm³/mol. The molecule has 0 saturated carbocycles. The molecule has 0 bridgehead atoms. The van der Waals surface area contributed by atoms with Crippen LogP contribution >= 0.6 is 0 Å². The van der Waals surface area contributed by atoms with Crippen LogP contribution in [0.1, 0.15) is 12.5 Å². The molecule has 0 saturated heterocycles. The summed E-state index contributed by atoms with van der Waals surface area (Å²) >= 11 is 0. The van der Waals surface area contributed by atoms with Gasteiger partial charge in [0.2, 0.25) is 5.91 Å². The van der Waals surface area contributed by atoms with E-state index in [2.05, 4.69) is 0 Å². The molecule has 0 aliphatic rings. The molecule has 4 heteroatoms. The van der Waals surface area contributed by atoms with Gasteiger partial charge in [0.05, 0.1) is 5.39 Å². The lowest BCUT2D eigenvalue weighted by Crippen LogP contribution is -2.22. The van der Waals surface area contributed by atoms with Crippen molar-refractivity contribution >= 4 is 33.3 Å². The van der Waals surface area contributed by atoms with Gasteiger partial charge in [-0.25, -0.2) is 4.79 Å². The largest absolute Gasteiger partial charge is 0.422 e. The highest BCUT2D eigenvalue weighted by Gasteiger charge is 2.11. The molecule has 0 spiro atoms. The van der Waals surface area contributed by atoms with Crippen molar-refractivity contribution < 1.29 is 9.21 Å². The SMILES string of the molecule is CC(=O)N(C)c1ccc2c(c1)oc(=O)c1cc(C)ccc12. The van der Waals surface area contributed by atoms with E-state index < -0.39 is 0 Å². The maximum absolute atomic E-state index is 12.1. The van der Waals surface area contributed by atoms with E-state index in [0.29, 0.717) is 16.7 Å². The second kappa shape index (κ2) is 4.74. The number of rotatable bonds is 1. The molecule has 1 heterocycles. The summed E-state index contributed by atoms with van der Waals surface area (Å²) in [5, 5.41) is 2.31. The molecule has 3 rings (SSSR count). The zero-order chi connectivity index (χ0) is 15.1. The van der Waals surface area contributed by atoms with Crippen LogP contribution in [0.5, 0.6) is 0 Å². The zero-order valence-electron chi connectivity index (χ0n) is 12.1. The number of fused-ring (bicyclic) bond motifs is 3. The van der Waals surface area contributed by atoms with E-state index in [9.17, 15) is 9.59 Å². The van der Waals surface area contributed by atoms with Crippen molar-refractivity contribution in [3.05, 3.63) is 52.4 Å². The molecule has 0 unspecified atom stereocenters. The number of nitrogens with zero attached hydrogens (tertiary/aromatic N) is 1. The van der Waals surface area contributed by atoms with Crippen LogP contribution in [-0.2, 0) is 4.79 Å². The quantitative estimate of drug-likeness (QED) is 0.508. The van der Waals surface area contributed by atoms with Gasteiger partial charge in [0.25, 0.3) is 0 Å². The summed E-state index contributed by atoms with van der Waals surface area (Å²) in [5.74, 6) is -0.0758. The Hall–Kier alpha value is -2.62. The Balaban J connectivity index is 2.34. The first kappa shape index (κ1) is 13.4. The Labute approximate surface area is 121 Å². The summed E-state index contributed by atoms with van der Waals surface area (Å²) in [6.45, 7) is 3.43. The monoisotopic (exact) mass is 281 g/mol. The summed E-state index contributed by atoms with van der Waals surface area (Å²) in [6, 6.07) is 11.2. The Morgan fingerprint density at radius 2 is 1.76 bits per heavy atom. The topological polar surface area (TPSA) is 50.5 Å². The average molecular weight is 281 g/mol. The highest BCUT2D eigenvalue weighted by Crippen LogP contribution is 2.27. The standard InChI is InChI=1S/C17H15NO3/c1-10-4-6-13-14-7-5-12(18(3)11(2)19)9-16(14)21-17(20)15(13)8-10/h4-9H,1-3H3. The molecule has 2 aromatic carbocycles. The Morgan fingerprint density at radius 1 is 1.05 bits per heavy atom. The maximum atomic E-state index is 12.1. The summed E-state index contributed by atoms with van der Waals surface area (Å²) in [4.78, 5) is 25.1. The molecule has 3 aromatic rings. The van der Waals surface area contributed by atoms with Crippen molar-refractivity contribution in [2.75, 3.05) is 11.9 Å². The number of amides is 1. The second-order valence-electron chi connectivity index (χ2n) is 5.20. The molecule has 0 N–H and O–H groups in total. The zero-order valence-corrected chi connectivity index (χ0v) is 12.1. The number of hydrogen-bond donors (Lipinski definition) is 0. The molecule has 0 fully saturated rings. The van der Waals surface area contributed by atoms with Gasteiger partial charge in [-0.05, 0) is 30.5 Å². The van der Waals surface area contributed by atoms with E-state index in [1.165, 1.54) is 11.8 Å². The minimum absolute atomic E-state index is 0.0758. The van der Waals surface area contributed by atoms with Gasteiger partial charge in [-0.3, -0.25) is 4.79 Å². The van der Waals surface area contributed by atoms with Crippen LogP contribution in [0.15, 0.2) is 45.6 Å². The fourth-order valence-corrected chi connectivity index (χ4v) is 2.43. The van der Waals surface area contributed by atoms with E-state index in [4.69, 9.17) is 4.42 Å². The number of aryl methyl sites for hydroxylation is 1. The van der Waals surface area contributed by atoms with Gasteiger partial charge in [-0.1, -0.05) is 17.7 Å². The molecule has 106 valence electrons. The van der Waals surface area contributed by atoms with Gasteiger partial charge in [0, 0.05) is 31.1 Å². The first-order valence-corrected chi connectivity index (χ1v) is 6.69. The third-order valence-electron chi connectivity index (χ3n) is 3.71. The predicted octanol–water partition coefficient (Wildman–Crippen LogP) is 3.24. The van der Waals surface area contributed by atoms with Crippen LogP contribution in [0.2, 0.25) is 0 Å². The van der Waals surface area contributed by atoms with E-state index >= 15 is 0 Å². The van der Waals surface area contributed by atoms with E-state index in [1.807, 2.05) is 37.3 Å². The summed E-state index contributed by atoms with van der Waals surface area (Å²) in [7, 11) is 1.69. The summed E-state index contributed by atoms with van der Waals surface area (Å²) < 4.78 is 5.41. The molecular weight excluding hydrogens is 266 g/mol. The van der Waals surface area contributed by atoms with Gasteiger partial charge in [-0.2, -0.15) is 0 Å². The molecule has 0 radical (unpaired) electrons. The lowest BCUT2D eigenvalue weighted by molar-refractivity contribution is -0.116. The first-order chi connectivity index (χ1) is 9.97.